The van der Waals surface area contributed by atoms with Crippen LogP contribution in [0.3, 0.4) is 0 Å². The molecule has 0 atom stereocenters. The highest BCUT2D eigenvalue weighted by Crippen LogP contribution is 2.30. The minimum Gasteiger partial charge on any atom is -0.451 e. The average Bonchev–Trinajstić information content (AvgIpc) is 3.12. The molecular formula is C19H10F3N3O3S. The lowest BCUT2D eigenvalue weighted by atomic mass is 10.2. The Bertz CT molecular complexity index is 1280. The van der Waals surface area contributed by atoms with Gasteiger partial charge in [-0.3, -0.25) is 10.1 Å². The van der Waals surface area contributed by atoms with Crippen LogP contribution in [0.4, 0.5) is 18.3 Å². The number of nitrogens with one attached hydrogen (secondary N) is 1. The molecule has 2 aromatic heterocycles. The number of thiazole rings is 1. The zero-order valence-electron chi connectivity index (χ0n) is 14.4. The number of aromatic nitrogens is 2. The van der Waals surface area contributed by atoms with Crippen molar-refractivity contribution < 1.29 is 27.5 Å². The van der Waals surface area contributed by atoms with Crippen molar-refractivity contribution in [2.45, 2.75) is 0 Å². The minimum absolute atomic E-state index is 0.0223. The second kappa shape index (κ2) is 7.47. The molecule has 0 bridgehead atoms. The normalized spacial score (nSPS) is 11.0. The van der Waals surface area contributed by atoms with E-state index in [2.05, 4.69) is 15.3 Å². The van der Waals surface area contributed by atoms with E-state index in [1.54, 1.807) is 18.2 Å². The zero-order chi connectivity index (χ0) is 20.5. The number of nitrogens with zero attached hydrogens (tertiary/aromatic N) is 2. The first-order valence-electron chi connectivity index (χ1n) is 8.19. The second-order valence-electron chi connectivity index (χ2n) is 5.87. The standard InChI is InChI=1S/C19H10F3N3O3S/c20-10-7-13-17(16(22)15(10)21)25-19(29-13)24-14(26)8-28-18(27)12-6-5-9-3-1-2-4-11(9)23-12/h1-7H,8H2,(H,24,25,26). The SMILES string of the molecule is O=C(COC(=O)c1ccc2ccccc2n1)Nc1nc2c(F)c(F)c(F)cc2s1. The van der Waals surface area contributed by atoms with Crippen LogP contribution in [0.2, 0.25) is 0 Å². The lowest BCUT2D eigenvalue weighted by Gasteiger charge is -2.05. The monoisotopic (exact) mass is 417 g/mol. The molecule has 4 aromatic rings. The van der Waals surface area contributed by atoms with E-state index in [-0.39, 0.29) is 15.5 Å². The number of hydrogen-bond donors (Lipinski definition) is 1. The fraction of sp³-hybridized carbons (Fsp3) is 0.0526. The molecule has 0 unspecified atom stereocenters. The lowest BCUT2D eigenvalue weighted by molar-refractivity contribution is -0.119. The Kier molecular flexibility index (Phi) is 4.85. The van der Waals surface area contributed by atoms with Crippen molar-refractivity contribution in [2.75, 3.05) is 11.9 Å². The molecule has 29 heavy (non-hydrogen) atoms. The largest absolute Gasteiger partial charge is 0.451 e. The van der Waals surface area contributed by atoms with Crippen molar-refractivity contribution >= 4 is 49.5 Å². The van der Waals surface area contributed by atoms with Crippen LogP contribution in [0.5, 0.6) is 0 Å². The number of anilines is 1. The Morgan fingerprint density at radius 3 is 2.66 bits per heavy atom. The molecule has 0 saturated carbocycles. The molecule has 10 heteroatoms. The van der Waals surface area contributed by atoms with Gasteiger partial charge in [0.05, 0.1) is 10.2 Å². The van der Waals surface area contributed by atoms with E-state index in [1.807, 2.05) is 12.1 Å². The summed E-state index contributed by atoms with van der Waals surface area (Å²) in [6.07, 6.45) is 0. The molecule has 0 spiro atoms. The first-order chi connectivity index (χ1) is 13.9. The van der Waals surface area contributed by atoms with Crippen molar-refractivity contribution in [3.63, 3.8) is 0 Å². The van der Waals surface area contributed by atoms with E-state index in [9.17, 15) is 22.8 Å². The van der Waals surface area contributed by atoms with Crippen LogP contribution in [-0.4, -0.2) is 28.5 Å². The summed E-state index contributed by atoms with van der Waals surface area (Å²) >= 11 is 0.752. The Labute approximate surface area is 165 Å². The van der Waals surface area contributed by atoms with Crippen molar-refractivity contribution in [1.29, 1.82) is 0 Å². The summed E-state index contributed by atoms with van der Waals surface area (Å²) in [5, 5.41) is 3.05. The number of fused-ring (bicyclic) bond motifs is 2. The lowest BCUT2D eigenvalue weighted by Crippen LogP contribution is -2.21. The van der Waals surface area contributed by atoms with Gasteiger partial charge in [0, 0.05) is 5.39 Å². The quantitative estimate of drug-likeness (QED) is 0.400. The Morgan fingerprint density at radius 2 is 1.83 bits per heavy atom. The molecule has 2 aromatic carbocycles. The van der Waals surface area contributed by atoms with Crippen LogP contribution < -0.4 is 5.32 Å². The third-order valence-electron chi connectivity index (χ3n) is 3.91. The number of rotatable bonds is 4. The van der Waals surface area contributed by atoms with Gasteiger partial charge in [-0.1, -0.05) is 35.6 Å². The number of benzene rings is 2. The number of pyridine rings is 1. The van der Waals surface area contributed by atoms with E-state index < -0.39 is 41.5 Å². The first kappa shape index (κ1) is 18.8. The minimum atomic E-state index is -1.64. The molecule has 0 radical (unpaired) electrons. The average molecular weight is 417 g/mol. The summed E-state index contributed by atoms with van der Waals surface area (Å²) in [6, 6.07) is 11.1. The maximum atomic E-state index is 13.7. The van der Waals surface area contributed by atoms with Gasteiger partial charge in [0.1, 0.15) is 11.2 Å². The van der Waals surface area contributed by atoms with E-state index in [0.29, 0.717) is 5.52 Å². The Morgan fingerprint density at radius 1 is 1.03 bits per heavy atom. The summed E-state index contributed by atoms with van der Waals surface area (Å²) < 4.78 is 45.2. The summed E-state index contributed by atoms with van der Waals surface area (Å²) in [4.78, 5) is 32.0. The molecule has 1 N–H and O–H groups in total. The number of hydrogen-bond acceptors (Lipinski definition) is 6. The van der Waals surface area contributed by atoms with Crippen LogP contribution in [0, 0.1) is 17.5 Å². The molecule has 1 amide bonds. The number of para-hydroxylation sites is 1. The topological polar surface area (TPSA) is 81.2 Å². The van der Waals surface area contributed by atoms with Gasteiger partial charge in [-0.25, -0.2) is 27.9 Å². The molecule has 2 heterocycles. The van der Waals surface area contributed by atoms with E-state index >= 15 is 0 Å². The highest BCUT2D eigenvalue weighted by atomic mass is 32.1. The van der Waals surface area contributed by atoms with E-state index in [4.69, 9.17) is 4.74 Å². The summed E-state index contributed by atoms with van der Waals surface area (Å²) in [5.41, 5.74) is 0.230. The molecule has 146 valence electrons. The van der Waals surface area contributed by atoms with Crippen molar-refractivity contribution in [3.05, 3.63) is 65.6 Å². The predicted octanol–water partition coefficient (Wildman–Crippen LogP) is 4.06. The van der Waals surface area contributed by atoms with Crippen LogP contribution in [0.25, 0.3) is 21.1 Å². The van der Waals surface area contributed by atoms with Crippen LogP contribution in [-0.2, 0) is 9.53 Å². The van der Waals surface area contributed by atoms with Gasteiger partial charge in [-0.2, -0.15) is 0 Å². The maximum absolute atomic E-state index is 13.7. The van der Waals surface area contributed by atoms with Crippen LogP contribution in [0.1, 0.15) is 10.5 Å². The second-order valence-corrected chi connectivity index (χ2v) is 6.90. The van der Waals surface area contributed by atoms with Gasteiger partial charge in [0.25, 0.3) is 5.91 Å². The molecular weight excluding hydrogens is 407 g/mol. The zero-order valence-corrected chi connectivity index (χ0v) is 15.2. The third kappa shape index (κ3) is 3.74. The third-order valence-corrected chi connectivity index (χ3v) is 4.83. The highest BCUT2D eigenvalue weighted by Gasteiger charge is 2.19. The molecule has 0 fully saturated rings. The fourth-order valence-electron chi connectivity index (χ4n) is 2.57. The van der Waals surface area contributed by atoms with Gasteiger partial charge in [0.15, 0.2) is 29.2 Å². The van der Waals surface area contributed by atoms with Crippen LogP contribution in [0.15, 0.2) is 42.5 Å². The molecule has 4 rings (SSSR count). The number of halogens is 3. The highest BCUT2D eigenvalue weighted by molar-refractivity contribution is 7.22. The predicted molar refractivity (Wildman–Crippen MR) is 100 cm³/mol. The molecule has 0 saturated heterocycles. The van der Waals surface area contributed by atoms with E-state index in [1.165, 1.54) is 6.07 Å². The fourth-order valence-corrected chi connectivity index (χ4v) is 3.47. The van der Waals surface area contributed by atoms with Gasteiger partial charge >= 0.3 is 5.97 Å². The summed E-state index contributed by atoms with van der Waals surface area (Å²) in [5.74, 6) is -5.98. The van der Waals surface area contributed by atoms with Crippen molar-refractivity contribution in [2.24, 2.45) is 0 Å². The number of ether oxygens (including phenoxy) is 1. The van der Waals surface area contributed by atoms with Crippen LogP contribution >= 0.6 is 11.3 Å². The Hall–Kier alpha value is -3.53. The van der Waals surface area contributed by atoms with Crippen molar-refractivity contribution in [1.82, 2.24) is 9.97 Å². The Balaban J connectivity index is 1.42. The molecule has 0 aliphatic carbocycles. The maximum Gasteiger partial charge on any atom is 0.357 e. The van der Waals surface area contributed by atoms with Gasteiger partial charge < -0.3 is 4.74 Å². The van der Waals surface area contributed by atoms with E-state index in [0.717, 1.165) is 22.8 Å². The van der Waals surface area contributed by atoms with Gasteiger partial charge in [-0.15, -0.1) is 0 Å². The molecule has 0 aliphatic heterocycles. The molecule has 6 nitrogen and oxygen atoms in total. The number of carbonyl (C=O) groups is 2. The van der Waals surface area contributed by atoms with Gasteiger partial charge in [0.2, 0.25) is 0 Å². The van der Waals surface area contributed by atoms with Gasteiger partial charge in [-0.05, 0) is 18.2 Å². The number of carbonyl (C=O) groups excluding carboxylic acids is 2. The summed E-state index contributed by atoms with van der Waals surface area (Å²) in [6.45, 7) is -0.644. The first-order valence-corrected chi connectivity index (χ1v) is 9.01. The smallest absolute Gasteiger partial charge is 0.357 e. The summed E-state index contributed by atoms with van der Waals surface area (Å²) in [7, 11) is 0. The molecule has 0 aliphatic rings. The van der Waals surface area contributed by atoms with Crippen molar-refractivity contribution in [3.8, 4) is 0 Å². The number of amides is 1. The number of esters is 1.